The zero-order chi connectivity index (χ0) is 15.5. The van der Waals surface area contributed by atoms with E-state index in [2.05, 4.69) is 10.5 Å². The van der Waals surface area contributed by atoms with Gasteiger partial charge in [-0.05, 0) is 18.2 Å². The molecule has 3 rings (SSSR count). The van der Waals surface area contributed by atoms with Crippen LogP contribution in [0.3, 0.4) is 0 Å². The van der Waals surface area contributed by atoms with Crippen molar-refractivity contribution in [3.8, 4) is 11.3 Å². The number of aromatic nitrogens is 1. The van der Waals surface area contributed by atoms with Crippen LogP contribution in [-0.4, -0.2) is 11.1 Å². The smallest absolute Gasteiger partial charge is 0.231 e. The van der Waals surface area contributed by atoms with E-state index in [1.165, 1.54) is 0 Å². The lowest BCUT2D eigenvalue weighted by Crippen LogP contribution is -2.27. The number of benzene rings is 1. The van der Waals surface area contributed by atoms with Crippen LogP contribution in [0.4, 0.5) is 0 Å². The third-order valence-electron chi connectivity index (χ3n) is 3.25. The Morgan fingerprint density at radius 1 is 1.23 bits per heavy atom. The van der Waals surface area contributed by atoms with Crippen LogP contribution in [0.25, 0.3) is 11.3 Å². The summed E-state index contributed by atoms with van der Waals surface area (Å²) in [7, 11) is 0. The summed E-state index contributed by atoms with van der Waals surface area (Å²) < 4.78 is 5.22. The SMILES string of the molecule is O=C(NCc1cc(-c2ccc(Cl)cc2Cl)no1)C1C=CC=C1. The van der Waals surface area contributed by atoms with Gasteiger partial charge in [0.1, 0.15) is 5.69 Å². The first-order chi connectivity index (χ1) is 10.6. The molecule has 0 bridgehead atoms. The molecule has 6 heteroatoms. The molecule has 1 aliphatic carbocycles. The number of halogens is 2. The summed E-state index contributed by atoms with van der Waals surface area (Å²) in [4.78, 5) is 11.9. The van der Waals surface area contributed by atoms with Gasteiger partial charge < -0.3 is 9.84 Å². The predicted octanol–water partition coefficient (Wildman–Crippen LogP) is 4.01. The average Bonchev–Trinajstić information content (AvgIpc) is 3.16. The standard InChI is InChI=1S/C16H12Cl2N2O2/c17-11-5-6-13(14(18)7-11)15-8-12(22-20-15)9-19-16(21)10-3-1-2-4-10/h1-8,10H,9H2,(H,19,21). The molecular formula is C16H12Cl2N2O2. The molecular weight excluding hydrogens is 323 g/mol. The fourth-order valence-electron chi connectivity index (χ4n) is 2.12. The van der Waals surface area contributed by atoms with Crippen LogP contribution >= 0.6 is 23.2 Å². The molecule has 1 aromatic heterocycles. The second-order valence-corrected chi connectivity index (χ2v) is 5.66. The third-order valence-corrected chi connectivity index (χ3v) is 3.80. The first-order valence-electron chi connectivity index (χ1n) is 6.67. The summed E-state index contributed by atoms with van der Waals surface area (Å²) in [5.41, 5.74) is 1.33. The second-order valence-electron chi connectivity index (χ2n) is 4.82. The molecule has 2 aromatic rings. The van der Waals surface area contributed by atoms with Crippen molar-refractivity contribution in [1.82, 2.24) is 10.5 Å². The van der Waals surface area contributed by atoms with Gasteiger partial charge in [0.2, 0.25) is 5.91 Å². The zero-order valence-corrected chi connectivity index (χ0v) is 12.9. The van der Waals surface area contributed by atoms with Gasteiger partial charge in [0.15, 0.2) is 5.76 Å². The molecule has 0 atom stereocenters. The summed E-state index contributed by atoms with van der Waals surface area (Å²) >= 11 is 12.0. The quantitative estimate of drug-likeness (QED) is 0.919. The highest BCUT2D eigenvalue weighted by atomic mass is 35.5. The van der Waals surface area contributed by atoms with E-state index in [0.717, 1.165) is 5.56 Å². The van der Waals surface area contributed by atoms with Crippen LogP contribution in [0, 0.1) is 5.92 Å². The zero-order valence-electron chi connectivity index (χ0n) is 11.4. The van der Waals surface area contributed by atoms with Gasteiger partial charge in [-0.1, -0.05) is 52.7 Å². The van der Waals surface area contributed by atoms with E-state index in [9.17, 15) is 4.79 Å². The maximum absolute atomic E-state index is 11.9. The van der Waals surface area contributed by atoms with Crippen molar-refractivity contribution in [2.45, 2.75) is 6.54 Å². The van der Waals surface area contributed by atoms with Crippen molar-refractivity contribution in [2.75, 3.05) is 0 Å². The van der Waals surface area contributed by atoms with Crippen LogP contribution in [0.15, 0.2) is 53.1 Å². The van der Waals surface area contributed by atoms with Gasteiger partial charge in [-0.25, -0.2) is 0 Å². The largest absolute Gasteiger partial charge is 0.359 e. The monoisotopic (exact) mass is 334 g/mol. The van der Waals surface area contributed by atoms with Crippen LogP contribution in [-0.2, 0) is 11.3 Å². The topological polar surface area (TPSA) is 55.1 Å². The number of carbonyl (C=O) groups excluding carboxylic acids is 1. The minimum Gasteiger partial charge on any atom is -0.359 e. The third kappa shape index (κ3) is 3.24. The number of allylic oxidation sites excluding steroid dienone is 2. The van der Waals surface area contributed by atoms with E-state index in [1.807, 2.05) is 24.3 Å². The number of rotatable bonds is 4. The molecule has 1 amide bonds. The van der Waals surface area contributed by atoms with Crippen molar-refractivity contribution < 1.29 is 9.32 Å². The fraction of sp³-hybridized carbons (Fsp3) is 0.125. The molecule has 1 heterocycles. The highest BCUT2D eigenvalue weighted by molar-refractivity contribution is 6.36. The molecule has 0 aliphatic heterocycles. The predicted molar refractivity (Wildman–Crippen MR) is 85.6 cm³/mol. The van der Waals surface area contributed by atoms with Crippen LogP contribution in [0.2, 0.25) is 10.0 Å². The Kier molecular flexibility index (Phi) is 4.32. The maximum Gasteiger partial charge on any atom is 0.231 e. The number of carbonyl (C=O) groups is 1. The van der Waals surface area contributed by atoms with E-state index in [-0.39, 0.29) is 18.4 Å². The lowest BCUT2D eigenvalue weighted by molar-refractivity contribution is -0.122. The molecule has 1 N–H and O–H groups in total. The van der Waals surface area contributed by atoms with E-state index in [0.29, 0.717) is 21.5 Å². The Morgan fingerprint density at radius 3 is 2.73 bits per heavy atom. The molecule has 0 saturated heterocycles. The number of hydrogen-bond acceptors (Lipinski definition) is 3. The Bertz CT molecular complexity index is 753. The Hall–Kier alpha value is -2.04. The van der Waals surface area contributed by atoms with Gasteiger partial charge in [-0.15, -0.1) is 0 Å². The van der Waals surface area contributed by atoms with Crippen molar-refractivity contribution in [3.05, 3.63) is 64.4 Å². The minimum atomic E-state index is -0.215. The molecule has 112 valence electrons. The minimum absolute atomic E-state index is 0.0764. The van der Waals surface area contributed by atoms with Crippen LogP contribution < -0.4 is 5.32 Å². The van der Waals surface area contributed by atoms with Gasteiger partial charge in [-0.3, -0.25) is 4.79 Å². The summed E-state index contributed by atoms with van der Waals surface area (Å²) in [6.45, 7) is 0.273. The molecule has 4 nitrogen and oxygen atoms in total. The summed E-state index contributed by atoms with van der Waals surface area (Å²) in [6.07, 6.45) is 7.35. The maximum atomic E-state index is 11.9. The molecule has 1 aliphatic rings. The van der Waals surface area contributed by atoms with Gasteiger partial charge in [0.25, 0.3) is 0 Å². The highest BCUT2D eigenvalue weighted by Crippen LogP contribution is 2.29. The Morgan fingerprint density at radius 2 is 2.00 bits per heavy atom. The summed E-state index contributed by atoms with van der Waals surface area (Å²) in [6, 6.07) is 6.90. The lowest BCUT2D eigenvalue weighted by atomic mass is 10.1. The normalized spacial score (nSPS) is 13.7. The number of nitrogens with zero attached hydrogens (tertiary/aromatic N) is 1. The van der Waals surface area contributed by atoms with E-state index in [4.69, 9.17) is 27.7 Å². The van der Waals surface area contributed by atoms with Crippen LogP contribution in [0.1, 0.15) is 5.76 Å². The summed E-state index contributed by atoms with van der Waals surface area (Å²) in [5, 5.41) is 7.83. The lowest BCUT2D eigenvalue weighted by Gasteiger charge is -2.05. The average molecular weight is 335 g/mol. The molecule has 0 spiro atoms. The van der Waals surface area contributed by atoms with Gasteiger partial charge in [0.05, 0.1) is 17.5 Å². The molecule has 0 fully saturated rings. The van der Waals surface area contributed by atoms with Crippen LogP contribution in [0.5, 0.6) is 0 Å². The fourth-order valence-corrected chi connectivity index (χ4v) is 2.62. The number of nitrogens with one attached hydrogen (secondary N) is 1. The van der Waals surface area contributed by atoms with Crippen molar-refractivity contribution in [2.24, 2.45) is 5.92 Å². The highest BCUT2D eigenvalue weighted by Gasteiger charge is 2.15. The summed E-state index contributed by atoms with van der Waals surface area (Å²) in [5.74, 6) is 0.265. The Balaban J connectivity index is 1.67. The molecule has 22 heavy (non-hydrogen) atoms. The van der Waals surface area contributed by atoms with Crippen molar-refractivity contribution in [3.63, 3.8) is 0 Å². The van der Waals surface area contributed by atoms with Crippen molar-refractivity contribution in [1.29, 1.82) is 0 Å². The number of hydrogen-bond donors (Lipinski definition) is 1. The van der Waals surface area contributed by atoms with E-state index >= 15 is 0 Å². The van der Waals surface area contributed by atoms with Gasteiger partial charge in [-0.2, -0.15) is 0 Å². The Labute approximate surface area is 137 Å². The molecule has 1 aromatic carbocycles. The van der Waals surface area contributed by atoms with E-state index < -0.39 is 0 Å². The first-order valence-corrected chi connectivity index (χ1v) is 7.43. The second kappa shape index (κ2) is 6.38. The van der Waals surface area contributed by atoms with E-state index in [1.54, 1.807) is 24.3 Å². The number of amides is 1. The molecule has 0 unspecified atom stereocenters. The molecule has 0 radical (unpaired) electrons. The van der Waals surface area contributed by atoms with Gasteiger partial charge >= 0.3 is 0 Å². The molecule has 0 saturated carbocycles. The van der Waals surface area contributed by atoms with Gasteiger partial charge in [0, 0.05) is 16.7 Å². The van der Waals surface area contributed by atoms with Crippen molar-refractivity contribution >= 4 is 29.1 Å². The first kappa shape index (κ1) is 14.9.